The lowest BCUT2D eigenvalue weighted by molar-refractivity contribution is 1.11. The second-order valence-electron chi connectivity index (χ2n) is 2.97. The van der Waals surface area contributed by atoms with Gasteiger partial charge in [0.1, 0.15) is 9.86 Å². The molecule has 3 aromatic heterocycles. The van der Waals surface area contributed by atoms with Crippen molar-refractivity contribution in [3.05, 3.63) is 34.2 Å². The zero-order valence-corrected chi connectivity index (χ0v) is 11.1. The lowest BCUT2D eigenvalue weighted by Crippen LogP contribution is -1.85. The van der Waals surface area contributed by atoms with Gasteiger partial charge in [0.05, 0.1) is 4.21 Å². The molecular formula is C10H5ClN2S3. The summed E-state index contributed by atoms with van der Waals surface area (Å²) in [4.78, 5) is 9.41. The summed E-state index contributed by atoms with van der Waals surface area (Å²) in [6, 6.07) is 6.14. The van der Waals surface area contributed by atoms with Crippen LogP contribution in [0.3, 0.4) is 0 Å². The second kappa shape index (κ2) is 4.33. The third kappa shape index (κ3) is 1.96. The molecule has 3 heterocycles. The van der Waals surface area contributed by atoms with Crippen molar-refractivity contribution in [3.8, 4) is 0 Å². The molecule has 2 nitrogen and oxygen atoms in total. The predicted molar refractivity (Wildman–Crippen MR) is 70.9 cm³/mol. The Kier molecular flexibility index (Phi) is 2.85. The molecular weight excluding hydrogens is 280 g/mol. The molecule has 0 aromatic carbocycles. The molecule has 6 heteroatoms. The molecule has 3 aromatic rings. The number of hydrogen-bond acceptors (Lipinski definition) is 5. The Morgan fingerprint density at radius 3 is 2.88 bits per heavy atom. The Balaban J connectivity index is 2.11. The molecule has 0 saturated carbocycles. The third-order valence-corrected chi connectivity index (χ3v) is 4.97. The first-order valence-electron chi connectivity index (χ1n) is 4.45. The SMILES string of the molecule is Clc1nc(Sc2cccs2)c2ccsc2n1. The van der Waals surface area contributed by atoms with Gasteiger partial charge in [-0.2, -0.15) is 0 Å². The van der Waals surface area contributed by atoms with Crippen LogP contribution in [0, 0.1) is 0 Å². The van der Waals surface area contributed by atoms with Gasteiger partial charge >= 0.3 is 0 Å². The van der Waals surface area contributed by atoms with Gasteiger partial charge in [-0.15, -0.1) is 22.7 Å². The summed E-state index contributed by atoms with van der Waals surface area (Å²) in [6.07, 6.45) is 0. The van der Waals surface area contributed by atoms with Crippen LogP contribution in [-0.4, -0.2) is 9.97 Å². The highest BCUT2D eigenvalue weighted by molar-refractivity contribution is 8.01. The molecule has 80 valence electrons. The summed E-state index contributed by atoms with van der Waals surface area (Å²) in [5.74, 6) is 0. The van der Waals surface area contributed by atoms with Crippen molar-refractivity contribution in [2.45, 2.75) is 9.24 Å². The number of thiophene rings is 2. The zero-order valence-electron chi connectivity index (χ0n) is 7.88. The lowest BCUT2D eigenvalue weighted by Gasteiger charge is -2.00. The van der Waals surface area contributed by atoms with Gasteiger partial charge in [0.15, 0.2) is 0 Å². The van der Waals surface area contributed by atoms with Crippen molar-refractivity contribution in [1.29, 1.82) is 0 Å². The average molecular weight is 285 g/mol. The first kappa shape index (κ1) is 10.5. The second-order valence-corrected chi connectivity index (χ2v) is 6.44. The highest BCUT2D eigenvalue weighted by Crippen LogP contribution is 2.36. The molecule has 0 aliphatic heterocycles. The molecule has 0 unspecified atom stereocenters. The summed E-state index contributed by atoms with van der Waals surface area (Å²) in [6.45, 7) is 0. The van der Waals surface area contributed by atoms with E-state index in [0.717, 1.165) is 15.2 Å². The van der Waals surface area contributed by atoms with E-state index < -0.39 is 0 Å². The minimum atomic E-state index is 0.314. The summed E-state index contributed by atoms with van der Waals surface area (Å²) >= 11 is 10.8. The van der Waals surface area contributed by atoms with Gasteiger partial charge in [-0.05, 0) is 34.5 Å². The quantitative estimate of drug-likeness (QED) is 0.510. The van der Waals surface area contributed by atoms with Crippen molar-refractivity contribution < 1.29 is 0 Å². The van der Waals surface area contributed by atoms with E-state index in [1.54, 1.807) is 34.4 Å². The fourth-order valence-electron chi connectivity index (χ4n) is 1.30. The van der Waals surface area contributed by atoms with Crippen LogP contribution in [0.1, 0.15) is 0 Å². The van der Waals surface area contributed by atoms with Crippen LogP contribution in [0.25, 0.3) is 10.2 Å². The van der Waals surface area contributed by atoms with Gasteiger partial charge < -0.3 is 0 Å². The van der Waals surface area contributed by atoms with Gasteiger partial charge in [-0.1, -0.05) is 17.8 Å². The first-order chi connectivity index (χ1) is 7.83. The molecule has 0 atom stereocenters. The Bertz CT molecular complexity index is 618. The highest BCUT2D eigenvalue weighted by atomic mass is 35.5. The highest BCUT2D eigenvalue weighted by Gasteiger charge is 2.09. The summed E-state index contributed by atoms with van der Waals surface area (Å²) < 4.78 is 1.21. The summed E-state index contributed by atoms with van der Waals surface area (Å²) in [5, 5.41) is 6.38. The first-order valence-corrected chi connectivity index (χ1v) is 7.40. The van der Waals surface area contributed by atoms with Crippen LogP contribution in [0.2, 0.25) is 5.28 Å². The molecule has 0 bridgehead atoms. The third-order valence-electron chi connectivity index (χ3n) is 1.96. The molecule has 0 spiro atoms. The molecule has 0 aliphatic carbocycles. The molecule has 0 amide bonds. The van der Waals surface area contributed by atoms with Gasteiger partial charge in [0, 0.05) is 5.39 Å². The Labute approximate surface area is 109 Å². The number of rotatable bonds is 2. The molecule has 0 fully saturated rings. The average Bonchev–Trinajstić information content (AvgIpc) is 2.87. The van der Waals surface area contributed by atoms with E-state index in [2.05, 4.69) is 21.4 Å². The van der Waals surface area contributed by atoms with Crippen molar-refractivity contribution >= 4 is 56.3 Å². The number of aromatic nitrogens is 2. The number of hydrogen-bond donors (Lipinski definition) is 0. The standard InChI is InChI=1S/C10H5ClN2S3/c11-10-12-8-6(3-5-15-8)9(13-10)16-7-2-1-4-14-7/h1-5H. The monoisotopic (exact) mass is 284 g/mol. The van der Waals surface area contributed by atoms with Crippen LogP contribution in [0.4, 0.5) is 0 Å². The number of nitrogens with zero attached hydrogens (tertiary/aromatic N) is 2. The van der Waals surface area contributed by atoms with Crippen molar-refractivity contribution in [3.63, 3.8) is 0 Å². The molecule has 0 radical (unpaired) electrons. The molecule has 16 heavy (non-hydrogen) atoms. The number of halogens is 1. The molecule has 0 N–H and O–H groups in total. The van der Waals surface area contributed by atoms with E-state index >= 15 is 0 Å². The fraction of sp³-hybridized carbons (Fsp3) is 0. The van der Waals surface area contributed by atoms with E-state index in [1.165, 1.54) is 4.21 Å². The van der Waals surface area contributed by atoms with Gasteiger partial charge in [0.2, 0.25) is 5.28 Å². The molecule has 0 saturated heterocycles. The largest absolute Gasteiger partial charge is 0.224 e. The van der Waals surface area contributed by atoms with Gasteiger partial charge in [-0.3, -0.25) is 0 Å². The fourth-order valence-corrected chi connectivity index (χ4v) is 4.18. The topological polar surface area (TPSA) is 25.8 Å². The smallest absolute Gasteiger partial charge is 0.210 e. The summed E-state index contributed by atoms with van der Waals surface area (Å²) in [5.41, 5.74) is 0. The minimum absolute atomic E-state index is 0.314. The van der Waals surface area contributed by atoms with Crippen LogP contribution < -0.4 is 0 Å². The molecule has 0 aliphatic rings. The van der Waals surface area contributed by atoms with Gasteiger partial charge in [-0.25, -0.2) is 9.97 Å². The zero-order chi connectivity index (χ0) is 11.0. The van der Waals surface area contributed by atoms with Crippen molar-refractivity contribution in [1.82, 2.24) is 9.97 Å². The maximum absolute atomic E-state index is 5.90. The van der Waals surface area contributed by atoms with E-state index in [4.69, 9.17) is 11.6 Å². The van der Waals surface area contributed by atoms with Crippen LogP contribution in [0.15, 0.2) is 38.2 Å². The van der Waals surface area contributed by atoms with E-state index in [9.17, 15) is 0 Å². The van der Waals surface area contributed by atoms with Crippen LogP contribution in [-0.2, 0) is 0 Å². The Hall–Kier alpha value is -0.620. The van der Waals surface area contributed by atoms with E-state index in [1.807, 2.05) is 17.5 Å². The van der Waals surface area contributed by atoms with Gasteiger partial charge in [0.25, 0.3) is 0 Å². The maximum Gasteiger partial charge on any atom is 0.224 e. The molecule has 3 rings (SSSR count). The van der Waals surface area contributed by atoms with Crippen LogP contribution in [0.5, 0.6) is 0 Å². The normalized spacial score (nSPS) is 11.1. The lowest BCUT2D eigenvalue weighted by atomic mass is 10.4. The maximum atomic E-state index is 5.90. The van der Waals surface area contributed by atoms with E-state index in [-0.39, 0.29) is 0 Å². The summed E-state index contributed by atoms with van der Waals surface area (Å²) in [7, 11) is 0. The Morgan fingerprint density at radius 1 is 1.12 bits per heavy atom. The minimum Gasteiger partial charge on any atom is -0.210 e. The van der Waals surface area contributed by atoms with Crippen molar-refractivity contribution in [2.75, 3.05) is 0 Å². The predicted octanol–water partition coefficient (Wildman–Crippen LogP) is 4.56. The Morgan fingerprint density at radius 2 is 2.06 bits per heavy atom. The van der Waals surface area contributed by atoms with E-state index in [0.29, 0.717) is 5.28 Å². The van der Waals surface area contributed by atoms with Crippen LogP contribution >= 0.6 is 46.0 Å². The number of fused-ring (bicyclic) bond motifs is 1. The van der Waals surface area contributed by atoms with Crippen molar-refractivity contribution in [2.24, 2.45) is 0 Å².